The SMILES string of the molecule is CC(C)C[C@H](NC(=O)[C@@H](NC(=O)[C@H](C)NC(=O)[C@@H](N)CO)C(C)C)C(=O)N[C@@H](CCC(N)=O)C(=O)O. The van der Waals surface area contributed by atoms with Gasteiger partial charge >= 0.3 is 5.97 Å². The minimum Gasteiger partial charge on any atom is -0.480 e. The van der Waals surface area contributed by atoms with Crippen LogP contribution in [0.2, 0.25) is 0 Å². The van der Waals surface area contributed by atoms with Crippen LogP contribution in [0.1, 0.15) is 53.9 Å². The first kappa shape index (κ1) is 32.7. The fourth-order valence-electron chi connectivity index (χ4n) is 3.06. The zero-order chi connectivity index (χ0) is 28.2. The number of carbonyl (C=O) groups is 6. The summed E-state index contributed by atoms with van der Waals surface area (Å²) < 4.78 is 0. The van der Waals surface area contributed by atoms with E-state index >= 15 is 0 Å². The van der Waals surface area contributed by atoms with Crippen molar-refractivity contribution >= 4 is 35.5 Å². The normalized spacial score (nSPS) is 15.2. The standard InChI is InChI=1S/C22H40N6O8/c1-10(2)8-15(20(33)26-14(22(35)36)6-7-16(24)30)27-21(34)17(11(3)4)28-18(31)12(5)25-19(32)13(23)9-29/h10-15,17,29H,6-9,23H2,1-5H3,(H2,24,30)(H,25,32)(H,26,33)(H,27,34)(H,28,31)(H,35,36)/t12-,13-,14-,15-,17-/m0/s1. The Hall–Kier alpha value is -3.26. The molecule has 0 aromatic rings. The van der Waals surface area contributed by atoms with E-state index in [4.69, 9.17) is 16.6 Å². The molecule has 14 nitrogen and oxygen atoms in total. The van der Waals surface area contributed by atoms with Gasteiger partial charge in [-0.1, -0.05) is 27.7 Å². The number of primary amides is 1. The van der Waals surface area contributed by atoms with Crippen LogP contribution in [0.15, 0.2) is 0 Å². The lowest BCUT2D eigenvalue weighted by Gasteiger charge is -2.28. The molecule has 206 valence electrons. The minimum atomic E-state index is -1.38. The highest BCUT2D eigenvalue weighted by Gasteiger charge is 2.32. The van der Waals surface area contributed by atoms with Crippen molar-refractivity contribution in [3.63, 3.8) is 0 Å². The minimum absolute atomic E-state index is 0.0620. The molecule has 0 radical (unpaired) electrons. The summed E-state index contributed by atoms with van der Waals surface area (Å²) in [5, 5.41) is 28.0. The van der Waals surface area contributed by atoms with Gasteiger partial charge < -0.3 is 42.9 Å². The maximum Gasteiger partial charge on any atom is 0.326 e. The van der Waals surface area contributed by atoms with Crippen LogP contribution in [-0.4, -0.2) is 82.5 Å². The van der Waals surface area contributed by atoms with Crippen LogP contribution < -0.4 is 32.7 Å². The van der Waals surface area contributed by atoms with Crippen LogP contribution >= 0.6 is 0 Å². The van der Waals surface area contributed by atoms with Crippen LogP contribution in [0.25, 0.3) is 0 Å². The molecule has 0 saturated heterocycles. The Bertz CT molecular complexity index is 803. The van der Waals surface area contributed by atoms with Crippen LogP contribution in [0.5, 0.6) is 0 Å². The number of amides is 5. The molecule has 0 aromatic heterocycles. The molecule has 36 heavy (non-hydrogen) atoms. The summed E-state index contributed by atoms with van der Waals surface area (Å²) in [7, 11) is 0. The molecule has 5 amide bonds. The number of carboxylic acids is 1. The molecule has 0 bridgehead atoms. The largest absolute Gasteiger partial charge is 0.480 e. The van der Waals surface area contributed by atoms with E-state index in [0.717, 1.165) is 0 Å². The van der Waals surface area contributed by atoms with Gasteiger partial charge in [-0.05, 0) is 31.6 Å². The van der Waals surface area contributed by atoms with Crippen LogP contribution in [0, 0.1) is 11.8 Å². The fourth-order valence-corrected chi connectivity index (χ4v) is 3.06. The van der Waals surface area contributed by atoms with Crippen LogP contribution in [0.3, 0.4) is 0 Å². The molecule has 0 aliphatic rings. The van der Waals surface area contributed by atoms with Gasteiger partial charge in [0.1, 0.15) is 30.2 Å². The molecular weight excluding hydrogens is 476 g/mol. The summed E-state index contributed by atoms with van der Waals surface area (Å²) in [6.45, 7) is 7.70. The topological polar surface area (TPSA) is 243 Å². The van der Waals surface area contributed by atoms with Crippen molar-refractivity contribution < 1.29 is 39.0 Å². The molecule has 0 aromatic carbocycles. The maximum atomic E-state index is 13.0. The van der Waals surface area contributed by atoms with E-state index in [9.17, 15) is 33.9 Å². The lowest BCUT2D eigenvalue weighted by atomic mass is 9.99. The Labute approximate surface area is 210 Å². The molecule has 14 heteroatoms. The predicted molar refractivity (Wildman–Crippen MR) is 129 cm³/mol. The maximum absolute atomic E-state index is 13.0. The van der Waals surface area contributed by atoms with E-state index in [1.54, 1.807) is 27.7 Å². The highest BCUT2D eigenvalue weighted by Crippen LogP contribution is 2.09. The smallest absolute Gasteiger partial charge is 0.326 e. The number of aliphatic carboxylic acids is 1. The second-order valence-electron chi connectivity index (χ2n) is 9.34. The number of carboxylic acid groups (broad SMARTS) is 1. The Morgan fingerprint density at radius 2 is 1.33 bits per heavy atom. The summed E-state index contributed by atoms with van der Waals surface area (Å²) >= 11 is 0. The number of carbonyl (C=O) groups excluding carboxylic acids is 5. The summed E-state index contributed by atoms with van der Waals surface area (Å²) in [6, 6.07) is -5.87. The first-order valence-electron chi connectivity index (χ1n) is 11.7. The molecule has 0 fully saturated rings. The molecule has 10 N–H and O–H groups in total. The highest BCUT2D eigenvalue weighted by atomic mass is 16.4. The molecule has 0 rings (SSSR count). The number of nitrogens with one attached hydrogen (secondary N) is 4. The first-order valence-corrected chi connectivity index (χ1v) is 11.7. The van der Waals surface area contributed by atoms with Crippen LogP contribution in [-0.2, 0) is 28.8 Å². The average Bonchev–Trinajstić information content (AvgIpc) is 2.77. The number of aliphatic hydroxyl groups is 1. The number of nitrogens with two attached hydrogens (primary N) is 2. The van der Waals surface area contributed by atoms with Crippen molar-refractivity contribution in [3.8, 4) is 0 Å². The Balaban J connectivity index is 5.47. The van der Waals surface area contributed by atoms with Crippen molar-refractivity contribution in [3.05, 3.63) is 0 Å². The zero-order valence-corrected chi connectivity index (χ0v) is 21.4. The van der Waals surface area contributed by atoms with Gasteiger partial charge in [-0.3, -0.25) is 24.0 Å². The highest BCUT2D eigenvalue weighted by molar-refractivity contribution is 5.95. The van der Waals surface area contributed by atoms with Gasteiger partial charge in [-0.2, -0.15) is 0 Å². The molecule has 0 spiro atoms. The third-order valence-corrected chi connectivity index (χ3v) is 5.17. The molecule has 0 aliphatic carbocycles. The van der Waals surface area contributed by atoms with Gasteiger partial charge in [-0.25, -0.2) is 4.79 Å². The Morgan fingerprint density at radius 1 is 0.778 bits per heavy atom. The number of hydrogen-bond acceptors (Lipinski definition) is 8. The zero-order valence-electron chi connectivity index (χ0n) is 21.4. The van der Waals surface area contributed by atoms with Gasteiger partial charge in [0, 0.05) is 6.42 Å². The summed E-state index contributed by atoms with van der Waals surface area (Å²) in [6.07, 6.45) is -0.297. The Morgan fingerprint density at radius 3 is 1.78 bits per heavy atom. The number of aliphatic hydroxyl groups excluding tert-OH is 1. The van der Waals surface area contributed by atoms with Gasteiger partial charge in [0.15, 0.2) is 0 Å². The third-order valence-electron chi connectivity index (χ3n) is 5.17. The Kier molecular flexibility index (Phi) is 14.3. The third kappa shape index (κ3) is 11.9. The molecule has 0 heterocycles. The summed E-state index contributed by atoms with van der Waals surface area (Å²) in [4.78, 5) is 72.7. The second kappa shape index (κ2) is 15.7. The van der Waals surface area contributed by atoms with Gasteiger partial charge in [-0.15, -0.1) is 0 Å². The number of rotatable bonds is 16. The van der Waals surface area contributed by atoms with Gasteiger partial charge in [0.05, 0.1) is 6.61 Å². The molecule has 0 unspecified atom stereocenters. The molecule has 0 saturated carbocycles. The molecule has 5 atom stereocenters. The van der Waals surface area contributed by atoms with E-state index in [-0.39, 0.29) is 25.2 Å². The molecular formula is C22H40N6O8. The van der Waals surface area contributed by atoms with E-state index in [1.807, 2.05) is 0 Å². The van der Waals surface area contributed by atoms with Gasteiger partial charge in [0.25, 0.3) is 0 Å². The lowest BCUT2D eigenvalue weighted by Crippen LogP contribution is -2.59. The van der Waals surface area contributed by atoms with Crippen molar-refractivity contribution in [2.45, 2.75) is 84.1 Å². The van der Waals surface area contributed by atoms with Crippen molar-refractivity contribution in [1.29, 1.82) is 0 Å². The predicted octanol–water partition coefficient (Wildman–Crippen LogP) is -2.68. The quantitative estimate of drug-likeness (QED) is 0.106. The van der Waals surface area contributed by atoms with Crippen LogP contribution in [0.4, 0.5) is 0 Å². The fraction of sp³-hybridized carbons (Fsp3) is 0.727. The monoisotopic (exact) mass is 516 g/mol. The van der Waals surface area contributed by atoms with E-state index < -0.39 is 78.2 Å². The average molecular weight is 517 g/mol. The van der Waals surface area contributed by atoms with E-state index in [0.29, 0.717) is 0 Å². The second-order valence-corrected chi connectivity index (χ2v) is 9.34. The van der Waals surface area contributed by atoms with E-state index in [2.05, 4.69) is 21.3 Å². The van der Waals surface area contributed by atoms with Crippen molar-refractivity contribution in [2.24, 2.45) is 23.3 Å². The van der Waals surface area contributed by atoms with Crippen molar-refractivity contribution in [1.82, 2.24) is 21.3 Å². The summed E-state index contributed by atoms with van der Waals surface area (Å²) in [5.74, 6) is -5.44. The van der Waals surface area contributed by atoms with Gasteiger partial charge in [0.2, 0.25) is 29.5 Å². The summed E-state index contributed by atoms with van der Waals surface area (Å²) in [5.41, 5.74) is 10.5. The van der Waals surface area contributed by atoms with E-state index in [1.165, 1.54) is 6.92 Å². The first-order chi connectivity index (χ1) is 16.6. The lowest BCUT2D eigenvalue weighted by molar-refractivity contribution is -0.142. The number of hydrogen-bond donors (Lipinski definition) is 8. The molecule has 0 aliphatic heterocycles. The van der Waals surface area contributed by atoms with Crippen molar-refractivity contribution in [2.75, 3.05) is 6.61 Å².